The number of anilines is 1. The normalized spacial score (nSPS) is 10.2. The van der Waals surface area contributed by atoms with Gasteiger partial charge >= 0.3 is 12.0 Å². The zero-order valence-electron chi connectivity index (χ0n) is 11.6. The van der Waals surface area contributed by atoms with Crippen LogP contribution in [-0.4, -0.2) is 44.2 Å². The summed E-state index contributed by atoms with van der Waals surface area (Å²) in [5, 5.41) is 18.2. The van der Waals surface area contributed by atoms with Crippen molar-refractivity contribution >= 4 is 17.7 Å². The van der Waals surface area contributed by atoms with Crippen LogP contribution in [0.3, 0.4) is 0 Å². The number of aryl methyl sites for hydroxylation is 1. The average molecular weight is 289 g/mol. The number of aromatic amines is 1. The summed E-state index contributed by atoms with van der Waals surface area (Å²) in [7, 11) is 1.60. The van der Waals surface area contributed by atoms with Crippen LogP contribution in [0.4, 0.5) is 10.5 Å². The van der Waals surface area contributed by atoms with Crippen molar-refractivity contribution < 1.29 is 14.7 Å². The molecule has 3 N–H and O–H groups in total. The zero-order chi connectivity index (χ0) is 15.4. The number of carbonyl (C=O) groups excluding carboxylic acids is 1. The number of urea groups is 1. The Labute approximate surface area is 120 Å². The molecule has 0 aliphatic heterocycles. The molecule has 0 aliphatic rings. The van der Waals surface area contributed by atoms with Gasteiger partial charge in [0.1, 0.15) is 5.82 Å². The van der Waals surface area contributed by atoms with E-state index in [1.54, 1.807) is 26.1 Å². The fourth-order valence-corrected chi connectivity index (χ4v) is 1.69. The van der Waals surface area contributed by atoms with Crippen molar-refractivity contribution in [3.8, 4) is 0 Å². The van der Waals surface area contributed by atoms with Crippen molar-refractivity contribution in [3.63, 3.8) is 0 Å². The van der Waals surface area contributed by atoms with Gasteiger partial charge in [0.2, 0.25) is 0 Å². The number of H-pyrrole nitrogens is 1. The van der Waals surface area contributed by atoms with Crippen LogP contribution in [0.5, 0.6) is 0 Å². The number of amides is 2. The molecule has 2 amide bonds. The van der Waals surface area contributed by atoms with Crippen LogP contribution in [0.25, 0.3) is 0 Å². The van der Waals surface area contributed by atoms with Crippen LogP contribution < -0.4 is 5.32 Å². The molecule has 0 saturated carbocycles. The molecular formula is C13H15N5O3. The van der Waals surface area contributed by atoms with E-state index in [1.807, 2.05) is 0 Å². The Balaban J connectivity index is 2.00. The standard InChI is InChI=1S/C13H15N5O3/c1-8-14-11(17-16-8)7-18(2)13(21)15-10-5-3-4-9(6-10)12(19)20/h3-6H,7H2,1-2H3,(H,15,21)(H,19,20)(H,14,16,17). The van der Waals surface area contributed by atoms with Crippen molar-refractivity contribution in [2.45, 2.75) is 13.5 Å². The van der Waals surface area contributed by atoms with Gasteiger partial charge in [0, 0.05) is 12.7 Å². The van der Waals surface area contributed by atoms with Crippen molar-refractivity contribution in [1.29, 1.82) is 0 Å². The van der Waals surface area contributed by atoms with E-state index in [2.05, 4.69) is 20.5 Å². The van der Waals surface area contributed by atoms with Gasteiger partial charge in [-0.1, -0.05) is 6.07 Å². The maximum absolute atomic E-state index is 12.0. The molecule has 2 rings (SSSR count). The van der Waals surface area contributed by atoms with Gasteiger partial charge in [-0.3, -0.25) is 5.10 Å². The van der Waals surface area contributed by atoms with E-state index in [4.69, 9.17) is 5.11 Å². The van der Waals surface area contributed by atoms with Crippen LogP contribution in [0.15, 0.2) is 24.3 Å². The lowest BCUT2D eigenvalue weighted by Crippen LogP contribution is -2.31. The van der Waals surface area contributed by atoms with E-state index in [9.17, 15) is 9.59 Å². The lowest BCUT2D eigenvalue weighted by atomic mass is 10.2. The van der Waals surface area contributed by atoms with Crippen molar-refractivity contribution in [2.24, 2.45) is 0 Å². The highest BCUT2D eigenvalue weighted by atomic mass is 16.4. The molecule has 0 bridgehead atoms. The predicted molar refractivity (Wildman–Crippen MR) is 75.0 cm³/mol. The number of aromatic nitrogens is 3. The number of nitrogens with zero attached hydrogens (tertiary/aromatic N) is 3. The van der Waals surface area contributed by atoms with Gasteiger partial charge in [0.25, 0.3) is 0 Å². The van der Waals surface area contributed by atoms with Gasteiger partial charge < -0.3 is 15.3 Å². The summed E-state index contributed by atoms with van der Waals surface area (Å²) in [6, 6.07) is 5.66. The largest absolute Gasteiger partial charge is 0.478 e. The topological polar surface area (TPSA) is 111 Å². The van der Waals surface area contributed by atoms with Gasteiger partial charge in [-0.25, -0.2) is 14.6 Å². The smallest absolute Gasteiger partial charge is 0.335 e. The molecule has 1 heterocycles. The highest BCUT2D eigenvalue weighted by Gasteiger charge is 2.12. The molecule has 0 aliphatic carbocycles. The molecule has 0 radical (unpaired) electrons. The molecule has 2 aromatic rings. The lowest BCUT2D eigenvalue weighted by Gasteiger charge is -2.16. The van der Waals surface area contributed by atoms with Gasteiger partial charge in [-0.15, -0.1) is 0 Å². The summed E-state index contributed by atoms with van der Waals surface area (Å²) < 4.78 is 0. The third-order valence-corrected chi connectivity index (χ3v) is 2.73. The molecule has 0 unspecified atom stereocenters. The Morgan fingerprint density at radius 2 is 2.19 bits per heavy atom. The molecule has 0 saturated heterocycles. The van der Waals surface area contributed by atoms with Crippen LogP contribution in [-0.2, 0) is 6.54 Å². The molecular weight excluding hydrogens is 274 g/mol. The maximum Gasteiger partial charge on any atom is 0.335 e. The number of nitrogens with one attached hydrogen (secondary N) is 2. The van der Waals surface area contributed by atoms with Gasteiger partial charge in [-0.05, 0) is 25.1 Å². The lowest BCUT2D eigenvalue weighted by molar-refractivity contribution is 0.0697. The highest BCUT2D eigenvalue weighted by molar-refractivity contribution is 5.93. The Morgan fingerprint density at radius 1 is 1.43 bits per heavy atom. The van der Waals surface area contributed by atoms with Crippen molar-refractivity contribution in [2.75, 3.05) is 12.4 Å². The van der Waals surface area contributed by atoms with E-state index in [1.165, 1.54) is 17.0 Å². The Morgan fingerprint density at radius 3 is 2.81 bits per heavy atom. The first-order valence-corrected chi connectivity index (χ1v) is 6.19. The van der Waals surface area contributed by atoms with Crippen molar-refractivity contribution in [3.05, 3.63) is 41.5 Å². The van der Waals surface area contributed by atoms with E-state index in [0.717, 1.165) is 0 Å². The monoisotopic (exact) mass is 289 g/mol. The fraction of sp³-hybridized carbons (Fsp3) is 0.231. The van der Waals surface area contributed by atoms with Crippen LogP contribution in [0.1, 0.15) is 22.0 Å². The summed E-state index contributed by atoms with van der Waals surface area (Å²) in [5.74, 6) is 0.132. The SMILES string of the molecule is Cc1nc(CN(C)C(=O)Nc2cccc(C(=O)O)c2)n[nH]1. The number of aromatic carboxylic acids is 1. The number of rotatable bonds is 4. The molecule has 1 aromatic heterocycles. The quantitative estimate of drug-likeness (QED) is 0.789. The van der Waals surface area contributed by atoms with E-state index < -0.39 is 5.97 Å². The predicted octanol–water partition coefficient (Wildman–Crippen LogP) is 1.48. The molecule has 110 valence electrons. The van der Waals surface area contributed by atoms with Gasteiger partial charge in [0.15, 0.2) is 5.82 Å². The molecule has 0 spiro atoms. The Bertz CT molecular complexity index is 667. The third-order valence-electron chi connectivity index (χ3n) is 2.73. The van der Waals surface area contributed by atoms with E-state index in [0.29, 0.717) is 17.3 Å². The number of carboxylic acid groups (broad SMARTS) is 1. The second-order valence-corrected chi connectivity index (χ2v) is 4.51. The Kier molecular flexibility index (Phi) is 4.17. The molecule has 1 aromatic carbocycles. The Hall–Kier alpha value is -2.90. The third kappa shape index (κ3) is 3.78. The first-order valence-electron chi connectivity index (χ1n) is 6.19. The molecule has 21 heavy (non-hydrogen) atoms. The minimum Gasteiger partial charge on any atom is -0.478 e. The number of hydrogen-bond acceptors (Lipinski definition) is 4. The molecule has 0 fully saturated rings. The minimum atomic E-state index is -1.05. The van der Waals surface area contributed by atoms with Crippen molar-refractivity contribution in [1.82, 2.24) is 20.1 Å². The number of benzene rings is 1. The summed E-state index contributed by atoms with van der Waals surface area (Å²) in [6.45, 7) is 2.02. The van der Waals surface area contributed by atoms with E-state index >= 15 is 0 Å². The highest BCUT2D eigenvalue weighted by Crippen LogP contribution is 2.11. The first-order chi connectivity index (χ1) is 9.95. The maximum atomic E-state index is 12.0. The van der Waals surface area contributed by atoms with Gasteiger partial charge in [0.05, 0.1) is 12.1 Å². The van der Waals surface area contributed by atoms with Gasteiger partial charge in [-0.2, -0.15) is 5.10 Å². The van der Waals surface area contributed by atoms with Crippen LogP contribution in [0, 0.1) is 6.92 Å². The number of carbonyl (C=O) groups is 2. The summed E-state index contributed by atoms with van der Waals surface area (Å²) in [4.78, 5) is 28.4. The number of carboxylic acids is 1. The molecule has 0 atom stereocenters. The number of hydrogen-bond donors (Lipinski definition) is 3. The van der Waals surface area contributed by atoms with Crippen LogP contribution >= 0.6 is 0 Å². The second kappa shape index (κ2) is 6.04. The summed E-state index contributed by atoms with van der Waals surface area (Å²) >= 11 is 0. The average Bonchev–Trinajstić information content (AvgIpc) is 2.84. The summed E-state index contributed by atoms with van der Waals surface area (Å²) in [5.41, 5.74) is 0.526. The second-order valence-electron chi connectivity index (χ2n) is 4.51. The molecule has 8 nitrogen and oxygen atoms in total. The summed E-state index contributed by atoms with van der Waals surface area (Å²) in [6.07, 6.45) is 0. The fourth-order valence-electron chi connectivity index (χ4n) is 1.69. The zero-order valence-corrected chi connectivity index (χ0v) is 11.6. The van der Waals surface area contributed by atoms with Crippen LogP contribution in [0.2, 0.25) is 0 Å². The minimum absolute atomic E-state index is 0.111. The van der Waals surface area contributed by atoms with E-state index in [-0.39, 0.29) is 18.1 Å². The molecule has 8 heteroatoms. The first kappa shape index (κ1) is 14.5.